The van der Waals surface area contributed by atoms with Crippen LogP contribution in [0.25, 0.3) is 11.4 Å². The van der Waals surface area contributed by atoms with Crippen molar-refractivity contribution in [2.24, 2.45) is 5.73 Å². The van der Waals surface area contributed by atoms with Crippen LogP contribution in [0.5, 0.6) is 0 Å². The first-order valence-electron chi connectivity index (χ1n) is 9.98. The Kier molecular flexibility index (Phi) is 6.93. The van der Waals surface area contributed by atoms with Crippen LogP contribution in [0.3, 0.4) is 0 Å². The van der Waals surface area contributed by atoms with Crippen molar-refractivity contribution in [2.75, 3.05) is 12.3 Å². The normalized spacial score (nSPS) is 11.5. The Morgan fingerprint density at radius 1 is 1.18 bits per heavy atom. The van der Waals surface area contributed by atoms with Crippen LogP contribution >= 0.6 is 22.9 Å². The number of aromatic nitrogens is 4. The lowest BCUT2D eigenvalue weighted by Crippen LogP contribution is -2.22. The van der Waals surface area contributed by atoms with Crippen LogP contribution < -0.4 is 16.6 Å². The van der Waals surface area contributed by atoms with Crippen LogP contribution in [0.2, 0.25) is 4.34 Å². The van der Waals surface area contributed by atoms with Crippen LogP contribution in [0.15, 0.2) is 70.6 Å². The van der Waals surface area contributed by atoms with Crippen LogP contribution in [0.1, 0.15) is 15.4 Å². The number of rotatable bonds is 8. The summed E-state index contributed by atoms with van der Waals surface area (Å²) >= 11 is 7.02. The predicted molar refractivity (Wildman–Crippen MR) is 129 cm³/mol. The van der Waals surface area contributed by atoms with Gasteiger partial charge in [-0.05, 0) is 36.4 Å². The highest BCUT2D eigenvalue weighted by molar-refractivity contribution is 7.91. The predicted octanol–water partition coefficient (Wildman–Crippen LogP) is 1.80. The summed E-state index contributed by atoms with van der Waals surface area (Å²) in [6, 6.07) is 12.5. The number of nitrogens with one attached hydrogen (secondary N) is 1. The van der Waals surface area contributed by atoms with Crippen molar-refractivity contribution in [2.45, 2.75) is 11.4 Å². The number of sulfone groups is 1. The third-order valence-electron chi connectivity index (χ3n) is 4.78. The fourth-order valence-corrected chi connectivity index (χ4v) is 5.46. The highest BCUT2D eigenvalue weighted by Gasteiger charge is 2.22. The first-order chi connectivity index (χ1) is 16.3. The van der Waals surface area contributed by atoms with E-state index in [4.69, 9.17) is 17.3 Å². The molecule has 0 aliphatic carbocycles. The molecule has 0 saturated carbocycles. The molecule has 1 amide bonds. The number of hydrogen-bond donors (Lipinski definition) is 2. The van der Waals surface area contributed by atoms with Crippen molar-refractivity contribution in [3.8, 4) is 11.4 Å². The number of thiophene rings is 1. The molecule has 0 aliphatic heterocycles. The van der Waals surface area contributed by atoms with Gasteiger partial charge in [-0.25, -0.2) is 13.1 Å². The number of carbonyl (C=O) groups is 1. The number of amides is 1. The third-order valence-corrected chi connectivity index (χ3v) is 7.78. The standard InChI is InChI=1S/C21H19ClN6O4S2/c22-19-7-6-17(33-19)21(30)24-12-14-13-28(26-25-14)16-5-4-15(27-9-2-1-3-20(27)29)11-18(16)34(31,32)10-8-23/h1-7,9,11,13H,8,10,12,23H2,(H,24,30). The lowest BCUT2D eigenvalue weighted by Gasteiger charge is -2.13. The Labute approximate surface area is 203 Å². The molecular formula is C21H19ClN6O4S2. The Hall–Kier alpha value is -3.32. The van der Waals surface area contributed by atoms with E-state index >= 15 is 0 Å². The molecule has 13 heteroatoms. The van der Waals surface area contributed by atoms with Crippen LogP contribution in [-0.2, 0) is 16.4 Å². The summed E-state index contributed by atoms with van der Waals surface area (Å²) in [6.45, 7) is 0.00932. The van der Waals surface area contributed by atoms with Gasteiger partial charge in [0.05, 0.1) is 44.0 Å². The first-order valence-corrected chi connectivity index (χ1v) is 12.8. The van der Waals surface area contributed by atoms with E-state index < -0.39 is 9.84 Å². The molecule has 10 nitrogen and oxygen atoms in total. The van der Waals surface area contributed by atoms with E-state index in [-0.39, 0.29) is 40.9 Å². The van der Waals surface area contributed by atoms with Gasteiger partial charge in [-0.1, -0.05) is 22.9 Å². The van der Waals surface area contributed by atoms with Crippen molar-refractivity contribution >= 4 is 38.7 Å². The van der Waals surface area contributed by atoms with Gasteiger partial charge in [0.2, 0.25) is 0 Å². The monoisotopic (exact) mass is 518 g/mol. The van der Waals surface area contributed by atoms with E-state index in [0.29, 0.717) is 20.6 Å². The number of nitrogens with zero attached hydrogens (tertiary/aromatic N) is 4. The molecule has 0 saturated heterocycles. The van der Waals surface area contributed by atoms with Crippen molar-refractivity contribution in [1.82, 2.24) is 24.9 Å². The SMILES string of the molecule is NCCS(=O)(=O)c1cc(-n2ccccc2=O)ccc1-n1cc(CNC(=O)c2ccc(Cl)s2)nn1. The molecule has 0 spiro atoms. The average Bonchev–Trinajstić information content (AvgIpc) is 3.47. The molecule has 34 heavy (non-hydrogen) atoms. The highest BCUT2D eigenvalue weighted by Crippen LogP contribution is 2.24. The lowest BCUT2D eigenvalue weighted by molar-refractivity contribution is 0.0954. The molecule has 0 aliphatic rings. The zero-order valence-electron chi connectivity index (χ0n) is 17.6. The number of halogens is 1. The van der Waals surface area contributed by atoms with Gasteiger partial charge >= 0.3 is 0 Å². The van der Waals surface area contributed by atoms with Crippen molar-refractivity contribution in [3.05, 3.63) is 86.2 Å². The maximum absolute atomic E-state index is 13.0. The van der Waals surface area contributed by atoms with E-state index in [2.05, 4.69) is 15.6 Å². The molecule has 0 fully saturated rings. The molecule has 3 heterocycles. The molecule has 4 aromatic rings. The lowest BCUT2D eigenvalue weighted by atomic mass is 10.2. The van der Waals surface area contributed by atoms with E-state index in [1.165, 1.54) is 27.6 Å². The summed E-state index contributed by atoms with van der Waals surface area (Å²) in [4.78, 5) is 24.9. The quantitative estimate of drug-likeness (QED) is 0.362. The molecule has 3 N–H and O–H groups in total. The third kappa shape index (κ3) is 5.09. The number of benzene rings is 1. The average molecular weight is 519 g/mol. The zero-order valence-corrected chi connectivity index (χ0v) is 20.0. The van der Waals surface area contributed by atoms with Crippen molar-refractivity contribution in [3.63, 3.8) is 0 Å². The second-order valence-corrected chi connectivity index (χ2v) is 10.9. The molecule has 0 unspecified atom stereocenters. The van der Waals surface area contributed by atoms with E-state index in [1.54, 1.807) is 42.6 Å². The largest absolute Gasteiger partial charge is 0.346 e. The second kappa shape index (κ2) is 9.89. The molecule has 0 bridgehead atoms. The molecule has 0 radical (unpaired) electrons. The van der Waals surface area contributed by atoms with Gasteiger partial charge in [-0.3, -0.25) is 14.2 Å². The fourth-order valence-electron chi connectivity index (χ4n) is 3.19. The molecule has 4 rings (SSSR count). The van der Waals surface area contributed by atoms with E-state index in [0.717, 1.165) is 11.3 Å². The van der Waals surface area contributed by atoms with Gasteiger partial charge in [-0.2, -0.15) is 0 Å². The summed E-state index contributed by atoms with van der Waals surface area (Å²) in [6.07, 6.45) is 3.07. The minimum absolute atomic E-state index is 0.0417. The first kappa shape index (κ1) is 23.8. The van der Waals surface area contributed by atoms with Crippen LogP contribution in [0.4, 0.5) is 0 Å². The Bertz CT molecular complexity index is 1510. The minimum Gasteiger partial charge on any atom is -0.346 e. The van der Waals surface area contributed by atoms with E-state index in [9.17, 15) is 18.0 Å². The maximum Gasteiger partial charge on any atom is 0.261 e. The Morgan fingerprint density at radius 3 is 2.71 bits per heavy atom. The minimum atomic E-state index is -3.79. The number of hydrogen-bond acceptors (Lipinski definition) is 8. The topological polar surface area (TPSA) is 142 Å². The Morgan fingerprint density at radius 2 is 2.00 bits per heavy atom. The summed E-state index contributed by atoms with van der Waals surface area (Å²) in [7, 11) is -3.79. The van der Waals surface area contributed by atoms with Gasteiger partial charge in [0.25, 0.3) is 11.5 Å². The summed E-state index contributed by atoms with van der Waals surface area (Å²) < 4.78 is 29.1. The number of nitrogens with two attached hydrogens (primary N) is 1. The maximum atomic E-state index is 13.0. The summed E-state index contributed by atoms with van der Waals surface area (Å²) in [5.74, 6) is -0.593. The molecule has 1 aromatic carbocycles. The smallest absolute Gasteiger partial charge is 0.261 e. The van der Waals surface area contributed by atoms with Gasteiger partial charge in [0.15, 0.2) is 9.84 Å². The van der Waals surface area contributed by atoms with Gasteiger partial charge in [-0.15, -0.1) is 16.4 Å². The van der Waals surface area contributed by atoms with Gasteiger partial charge in [0, 0.05) is 18.8 Å². The summed E-state index contributed by atoms with van der Waals surface area (Å²) in [5, 5.41) is 10.8. The highest BCUT2D eigenvalue weighted by atomic mass is 35.5. The van der Waals surface area contributed by atoms with Crippen molar-refractivity contribution in [1.29, 1.82) is 0 Å². The second-order valence-electron chi connectivity index (χ2n) is 7.11. The summed E-state index contributed by atoms with van der Waals surface area (Å²) in [5.41, 5.74) is 6.26. The Balaban J connectivity index is 1.66. The van der Waals surface area contributed by atoms with Gasteiger partial charge in [0.1, 0.15) is 5.69 Å². The fraction of sp³-hybridized carbons (Fsp3) is 0.143. The van der Waals surface area contributed by atoms with Crippen molar-refractivity contribution < 1.29 is 13.2 Å². The molecular weight excluding hydrogens is 500 g/mol. The molecule has 176 valence electrons. The van der Waals surface area contributed by atoms with Crippen LogP contribution in [0, 0.1) is 0 Å². The molecule has 0 atom stereocenters. The number of carbonyl (C=O) groups excluding carboxylic acids is 1. The van der Waals surface area contributed by atoms with Crippen LogP contribution in [-0.4, -0.2) is 46.2 Å². The van der Waals surface area contributed by atoms with Gasteiger partial charge < -0.3 is 11.1 Å². The molecule has 3 aromatic heterocycles. The zero-order chi connectivity index (χ0) is 24.3. The van der Waals surface area contributed by atoms with E-state index in [1.807, 2.05) is 0 Å². The number of pyridine rings is 1.